The van der Waals surface area contributed by atoms with Crippen LogP contribution in [0.25, 0.3) is 0 Å². The molecule has 6 heteroatoms. The molecule has 0 unspecified atom stereocenters. The van der Waals surface area contributed by atoms with Crippen LogP contribution in [0, 0.1) is 0 Å². The number of carbonyl (C=O) groups excluding carboxylic acids is 2. The normalized spacial score (nSPS) is 15.7. The first kappa shape index (κ1) is 16.8. The average Bonchev–Trinajstić information content (AvgIpc) is 2.65. The lowest BCUT2D eigenvalue weighted by molar-refractivity contribution is -0.155. The van der Waals surface area contributed by atoms with Gasteiger partial charge in [0.05, 0.1) is 12.7 Å². The fourth-order valence-corrected chi connectivity index (χ4v) is 2.53. The van der Waals surface area contributed by atoms with Gasteiger partial charge in [0.25, 0.3) is 0 Å². The van der Waals surface area contributed by atoms with Gasteiger partial charge in [0.15, 0.2) is 0 Å². The maximum absolute atomic E-state index is 12.1. The summed E-state index contributed by atoms with van der Waals surface area (Å²) in [5.41, 5.74) is 1.28. The Kier molecular flexibility index (Phi) is 5.18. The van der Waals surface area contributed by atoms with E-state index in [2.05, 4.69) is 0 Å². The molecule has 3 rings (SSSR count). The van der Waals surface area contributed by atoms with E-state index in [-0.39, 0.29) is 13.2 Å². The zero-order valence-corrected chi connectivity index (χ0v) is 13.8. The lowest BCUT2D eigenvalue weighted by Gasteiger charge is -2.23. The molecule has 1 heterocycles. The summed E-state index contributed by atoms with van der Waals surface area (Å²) in [6.07, 6.45) is -0.594. The van der Waals surface area contributed by atoms with E-state index in [0.717, 1.165) is 11.3 Å². The van der Waals surface area contributed by atoms with Crippen molar-refractivity contribution >= 4 is 11.9 Å². The molecule has 1 atom stereocenters. The number of cyclic esters (lactones) is 1. The van der Waals surface area contributed by atoms with Crippen LogP contribution in [0.4, 0.5) is 0 Å². The van der Waals surface area contributed by atoms with Gasteiger partial charge in [0, 0.05) is 6.42 Å². The number of hydrogen-bond acceptors (Lipinski definition) is 6. The summed E-state index contributed by atoms with van der Waals surface area (Å²) < 4.78 is 20.8. The van der Waals surface area contributed by atoms with Crippen LogP contribution in [-0.4, -0.2) is 38.4 Å². The van der Waals surface area contributed by atoms with E-state index in [4.69, 9.17) is 18.9 Å². The molecule has 2 aromatic rings. The van der Waals surface area contributed by atoms with E-state index >= 15 is 0 Å². The van der Waals surface area contributed by atoms with Crippen LogP contribution in [0.2, 0.25) is 0 Å². The Morgan fingerprint density at radius 3 is 2.56 bits per heavy atom. The maximum atomic E-state index is 12.1. The Hall–Kier alpha value is -3.02. The number of fused-ring (bicyclic) bond motifs is 1. The van der Waals surface area contributed by atoms with Crippen molar-refractivity contribution in [1.29, 1.82) is 0 Å². The first-order valence-corrected chi connectivity index (χ1v) is 7.90. The van der Waals surface area contributed by atoms with E-state index in [1.54, 1.807) is 43.5 Å². The Balaban J connectivity index is 1.46. The predicted molar refractivity (Wildman–Crippen MR) is 88.8 cm³/mol. The van der Waals surface area contributed by atoms with Crippen molar-refractivity contribution in [2.45, 2.75) is 12.5 Å². The minimum Gasteiger partial charge on any atom is -0.497 e. The topological polar surface area (TPSA) is 71.1 Å². The van der Waals surface area contributed by atoms with Crippen LogP contribution in [0.5, 0.6) is 11.5 Å². The third kappa shape index (κ3) is 4.09. The number of benzene rings is 2. The lowest BCUT2D eigenvalue weighted by Crippen LogP contribution is -2.36. The van der Waals surface area contributed by atoms with Crippen LogP contribution < -0.4 is 9.47 Å². The predicted octanol–water partition coefficient (Wildman–Crippen LogP) is 2.40. The highest BCUT2D eigenvalue weighted by Gasteiger charge is 2.32. The molecule has 0 aromatic heterocycles. The largest absolute Gasteiger partial charge is 0.497 e. The zero-order valence-electron chi connectivity index (χ0n) is 13.8. The molecule has 1 aliphatic rings. The Morgan fingerprint density at radius 1 is 1.08 bits per heavy atom. The van der Waals surface area contributed by atoms with Crippen LogP contribution in [0.3, 0.4) is 0 Å². The van der Waals surface area contributed by atoms with Gasteiger partial charge in [-0.3, -0.25) is 0 Å². The highest BCUT2D eigenvalue weighted by molar-refractivity contribution is 5.94. The summed E-state index contributed by atoms with van der Waals surface area (Å²) in [4.78, 5) is 24.0. The lowest BCUT2D eigenvalue weighted by atomic mass is 9.99. The molecule has 0 radical (unpaired) electrons. The summed E-state index contributed by atoms with van der Waals surface area (Å²) in [6.45, 7) is 0.274. The highest BCUT2D eigenvalue weighted by Crippen LogP contribution is 2.21. The summed E-state index contributed by atoms with van der Waals surface area (Å²) >= 11 is 0. The Morgan fingerprint density at radius 2 is 1.80 bits per heavy atom. The molecule has 0 bridgehead atoms. The van der Waals surface area contributed by atoms with E-state index in [9.17, 15) is 9.59 Å². The number of esters is 2. The minimum atomic E-state index is -0.914. The minimum absolute atomic E-state index is 0.0700. The second-order valence-electron chi connectivity index (χ2n) is 5.45. The molecule has 1 aliphatic heterocycles. The molecule has 2 aromatic carbocycles. The van der Waals surface area contributed by atoms with Crippen molar-refractivity contribution in [3.63, 3.8) is 0 Å². The second-order valence-corrected chi connectivity index (χ2v) is 5.45. The fourth-order valence-electron chi connectivity index (χ4n) is 2.53. The summed E-state index contributed by atoms with van der Waals surface area (Å²) in [6, 6.07) is 14.2. The molecule has 0 amide bonds. The molecule has 0 fully saturated rings. The molecule has 0 aliphatic carbocycles. The van der Waals surface area contributed by atoms with Gasteiger partial charge in [0.2, 0.25) is 6.10 Å². The number of rotatable bonds is 6. The van der Waals surface area contributed by atoms with Gasteiger partial charge in [-0.15, -0.1) is 0 Å². The molecule has 130 valence electrons. The molecular weight excluding hydrogens is 324 g/mol. The first-order chi connectivity index (χ1) is 12.2. The van der Waals surface area contributed by atoms with Gasteiger partial charge >= 0.3 is 11.9 Å². The number of methoxy groups -OCH3 is 1. The maximum Gasteiger partial charge on any atom is 0.347 e. The van der Waals surface area contributed by atoms with Crippen molar-refractivity contribution in [3.05, 3.63) is 59.7 Å². The quantitative estimate of drug-likeness (QED) is 0.593. The van der Waals surface area contributed by atoms with Gasteiger partial charge in [0.1, 0.15) is 24.7 Å². The molecule has 0 N–H and O–H groups in total. The van der Waals surface area contributed by atoms with E-state index < -0.39 is 18.0 Å². The van der Waals surface area contributed by atoms with E-state index in [1.165, 1.54) is 0 Å². The van der Waals surface area contributed by atoms with Gasteiger partial charge in [-0.2, -0.15) is 0 Å². The smallest absolute Gasteiger partial charge is 0.347 e. The van der Waals surface area contributed by atoms with Crippen molar-refractivity contribution in [2.75, 3.05) is 20.3 Å². The number of ether oxygens (including phenoxy) is 4. The van der Waals surface area contributed by atoms with E-state index in [0.29, 0.717) is 17.7 Å². The monoisotopic (exact) mass is 342 g/mol. The summed E-state index contributed by atoms with van der Waals surface area (Å²) in [5, 5.41) is 0. The standard InChI is InChI=1S/C19H18O6/c1-22-14-6-8-15(9-7-14)23-10-11-24-19(21)17-12-13-4-2-3-5-16(13)18(20)25-17/h2-9,17H,10-12H2,1H3/t17-/m0/s1. The Bertz CT molecular complexity index is 753. The van der Waals surface area contributed by atoms with Crippen LogP contribution in [-0.2, 0) is 20.7 Å². The first-order valence-electron chi connectivity index (χ1n) is 7.90. The summed E-state index contributed by atoms with van der Waals surface area (Å²) in [7, 11) is 1.59. The summed E-state index contributed by atoms with van der Waals surface area (Å²) in [5.74, 6) is 0.313. The van der Waals surface area contributed by atoms with Crippen LogP contribution >= 0.6 is 0 Å². The van der Waals surface area contributed by atoms with Gasteiger partial charge in [-0.25, -0.2) is 9.59 Å². The Labute approximate surface area is 145 Å². The van der Waals surface area contributed by atoms with Crippen molar-refractivity contribution in [1.82, 2.24) is 0 Å². The van der Waals surface area contributed by atoms with Gasteiger partial charge < -0.3 is 18.9 Å². The average molecular weight is 342 g/mol. The molecule has 25 heavy (non-hydrogen) atoms. The molecule has 0 saturated heterocycles. The van der Waals surface area contributed by atoms with Crippen LogP contribution in [0.1, 0.15) is 15.9 Å². The fraction of sp³-hybridized carbons (Fsp3) is 0.263. The van der Waals surface area contributed by atoms with E-state index in [1.807, 2.05) is 12.1 Å². The van der Waals surface area contributed by atoms with Crippen LogP contribution in [0.15, 0.2) is 48.5 Å². The molecule has 0 saturated carbocycles. The molecule has 6 nitrogen and oxygen atoms in total. The second kappa shape index (κ2) is 7.70. The zero-order chi connectivity index (χ0) is 17.6. The van der Waals surface area contributed by atoms with Gasteiger partial charge in [-0.05, 0) is 35.9 Å². The third-order valence-electron chi connectivity index (χ3n) is 3.81. The highest BCUT2D eigenvalue weighted by atomic mass is 16.6. The van der Waals surface area contributed by atoms with Crippen molar-refractivity contribution in [3.8, 4) is 11.5 Å². The number of hydrogen-bond donors (Lipinski definition) is 0. The molecular formula is C19H18O6. The molecule has 0 spiro atoms. The van der Waals surface area contributed by atoms with Crippen molar-refractivity contribution < 1.29 is 28.5 Å². The number of carbonyl (C=O) groups is 2. The SMILES string of the molecule is COc1ccc(OCCOC(=O)[C@@H]2Cc3ccccc3C(=O)O2)cc1. The van der Waals surface area contributed by atoms with Gasteiger partial charge in [-0.1, -0.05) is 18.2 Å². The third-order valence-corrected chi connectivity index (χ3v) is 3.81. The van der Waals surface area contributed by atoms with Crippen molar-refractivity contribution in [2.24, 2.45) is 0 Å².